The van der Waals surface area contributed by atoms with E-state index in [2.05, 4.69) is 34.7 Å². The first-order valence-electron chi connectivity index (χ1n) is 7.96. The highest BCUT2D eigenvalue weighted by atomic mass is 32.1. The molecule has 3 rings (SSSR count). The third-order valence-corrected chi connectivity index (χ3v) is 5.44. The summed E-state index contributed by atoms with van der Waals surface area (Å²) >= 11 is 1.76. The summed E-state index contributed by atoms with van der Waals surface area (Å²) in [5.74, 6) is 0.258. The van der Waals surface area contributed by atoms with Gasteiger partial charge in [-0.05, 0) is 37.3 Å². The number of nitrogens with zero attached hydrogens (tertiary/aromatic N) is 1. The molecule has 3 heterocycles. The van der Waals surface area contributed by atoms with E-state index in [1.54, 1.807) is 11.3 Å². The van der Waals surface area contributed by atoms with Crippen molar-refractivity contribution in [1.29, 1.82) is 0 Å². The Morgan fingerprint density at radius 1 is 1.52 bits per heavy atom. The highest BCUT2D eigenvalue weighted by molar-refractivity contribution is 7.10. The predicted molar refractivity (Wildman–Crippen MR) is 84.4 cm³/mol. The number of hydrogen-bond donors (Lipinski definition) is 1. The Bertz CT molecular complexity index is 463. The number of amides is 1. The van der Waals surface area contributed by atoms with Gasteiger partial charge in [0.1, 0.15) is 0 Å². The molecule has 1 aromatic rings. The van der Waals surface area contributed by atoms with Crippen molar-refractivity contribution in [1.82, 2.24) is 10.2 Å². The molecule has 0 aromatic carbocycles. The molecule has 1 aromatic heterocycles. The van der Waals surface area contributed by atoms with Crippen molar-refractivity contribution in [2.24, 2.45) is 5.92 Å². The molecule has 3 unspecified atom stereocenters. The van der Waals surface area contributed by atoms with Crippen LogP contribution in [0.4, 0.5) is 0 Å². The van der Waals surface area contributed by atoms with E-state index < -0.39 is 0 Å². The van der Waals surface area contributed by atoms with Crippen molar-refractivity contribution in [3.8, 4) is 0 Å². The van der Waals surface area contributed by atoms with Gasteiger partial charge in [-0.2, -0.15) is 0 Å². The molecule has 2 aliphatic rings. The maximum absolute atomic E-state index is 12.9. The summed E-state index contributed by atoms with van der Waals surface area (Å²) in [5.41, 5.74) is 0. The fraction of sp³-hybridized carbons (Fsp3) is 0.688. The fourth-order valence-electron chi connectivity index (χ4n) is 3.35. The van der Waals surface area contributed by atoms with Crippen LogP contribution in [0, 0.1) is 5.92 Å². The average molecular weight is 308 g/mol. The monoisotopic (exact) mass is 308 g/mol. The molecule has 2 fully saturated rings. The number of rotatable bonds is 5. The summed E-state index contributed by atoms with van der Waals surface area (Å²) in [7, 11) is 0. The van der Waals surface area contributed by atoms with E-state index >= 15 is 0 Å². The molecule has 0 bridgehead atoms. The number of carbonyl (C=O) groups excluding carboxylic acids is 1. The standard InChI is InChI=1S/C16H24N2O2S/c1-2-7-17-13-11-20-10-12(13)16(19)18-8-3-5-14(18)15-6-4-9-21-15/h4,6,9,12-14,17H,2-3,5,7-8,10-11H2,1H3. The molecule has 4 nitrogen and oxygen atoms in total. The first-order valence-corrected chi connectivity index (χ1v) is 8.84. The molecule has 0 saturated carbocycles. The third kappa shape index (κ3) is 3.15. The number of thiophene rings is 1. The van der Waals surface area contributed by atoms with Gasteiger partial charge >= 0.3 is 0 Å². The molecule has 21 heavy (non-hydrogen) atoms. The van der Waals surface area contributed by atoms with E-state index in [1.807, 2.05) is 0 Å². The van der Waals surface area contributed by atoms with Crippen molar-refractivity contribution >= 4 is 17.2 Å². The molecule has 0 aliphatic carbocycles. The normalized spacial score (nSPS) is 29.2. The van der Waals surface area contributed by atoms with E-state index in [4.69, 9.17) is 4.74 Å². The quantitative estimate of drug-likeness (QED) is 0.908. The van der Waals surface area contributed by atoms with Crippen LogP contribution in [0.2, 0.25) is 0 Å². The summed E-state index contributed by atoms with van der Waals surface area (Å²) in [6.45, 7) is 5.21. The van der Waals surface area contributed by atoms with Crippen LogP contribution in [-0.2, 0) is 9.53 Å². The molecule has 0 spiro atoms. The van der Waals surface area contributed by atoms with Gasteiger partial charge in [0.2, 0.25) is 5.91 Å². The molecule has 2 saturated heterocycles. The second kappa shape index (κ2) is 6.90. The van der Waals surface area contributed by atoms with Crippen LogP contribution in [0.5, 0.6) is 0 Å². The van der Waals surface area contributed by atoms with Crippen molar-refractivity contribution in [2.75, 3.05) is 26.3 Å². The third-order valence-electron chi connectivity index (χ3n) is 4.46. The average Bonchev–Trinajstić information content (AvgIpc) is 3.23. The van der Waals surface area contributed by atoms with Gasteiger partial charge in [-0.1, -0.05) is 13.0 Å². The van der Waals surface area contributed by atoms with Gasteiger partial charge in [-0.3, -0.25) is 4.79 Å². The minimum atomic E-state index is -0.0166. The van der Waals surface area contributed by atoms with Gasteiger partial charge in [-0.25, -0.2) is 0 Å². The fourth-order valence-corrected chi connectivity index (χ4v) is 4.22. The first-order chi connectivity index (χ1) is 10.3. The zero-order valence-electron chi connectivity index (χ0n) is 12.6. The van der Waals surface area contributed by atoms with Gasteiger partial charge in [0.25, 0.3) is 0 Å². The minimum Gasteiger partial charge on any atom is -0.379 e. The van der Waals surface area contributed by atoms with Crippen LogP contribution < -0.4 is 5.32 Å². The second-order valence-electron chi connectivity index (χ2n) is 5.91. The predicted octanol–water partition coefficient (Wildman–Crippen LogP) is 2.43. The molecular weight excluding hydrogens is 284 g/mol. The number of hydrogen-bond acceptors (Lipinski definition) is 4. The van der Waals surface area contributed by atoms with Gasteiger partial charge < -0.3 is 15.0 Å². The lowest BCUT2D eigenvalue weighted by atomic mass is 10.0. The highest BCUT2D eigenvalue weighted by Gasteiger charge is 2.40. The van der Waals surface area contributed by atoms with Crippen molar-refractivity contribution in [2.45, 2.75) is 38.3 Å². The molecule has 2 aliphatic heterocycles. The molecule has 0 radical (unpaired) electrons. The summed E-state index contributed by atoms with van der Waals surface area (Å²) < 4.78 is 5.57. The SMILES string of the molecule is CCCNC1COCC1C(=O)N1CCCC1c1cccs1. The highest BCUT2D eigenvalue weighted by Crippen LogP contribution is 2.36. The van der Waals surface area contributed by atoms with Gasteiger partial charge in [0, 0.05) is 17.5 Å². The smallest absolute Gasteiger partial charge is 0.230 e. The van der Waals surface area contributed by atoms with Crippen LogP contribution in [-0.4, -0.2) is 43.2 Å². The van der Waals surface area contributed by atoms with E-state index in [1.165, 1.54) is 4.88 Å². The molecule has 1 N–H and O–H groups in total. The van der Waals surface area contributed by atoms with Gasteiger partial charge in [0.15, 0.2) is 0 Å². The topological polar surface area (TPSA) is 41.6 Å². The van der Waals surface area contributed by atoms with E-state index in [0.717, 1.165) is 32.4 Å². The molecule has 5 heteroatoms. The van der Waals surface area contributed by atoms with E-state index in [9.17, 15) is 4.79 Å². The zero-order valence-corrected chi connectivity index (χ0v) is 13.4. The Labute approximate surface area is 130 Å². The second-order valence-corrected chi connectivity index (χ2v) is 6.89. The van der Waals surface area contributed by atoms with Crippen molar-refractivity contribution in [3.63, 3.8) is 0 Å². The zero-order chi connectivity index (χ0) is 14.7. The summed E-state index contributed by atoms with van der Waals surface area (Å²) in [6.07, 6.45) is 3.28. The minimum absolute atomic E-state index is 0.0166. The van der Waals surface area contributed by atoms with Gasteiger partial charge in [-0.15, -0.1) is 11.3 Å². The molecule has 116 valence electrons. The lowest BCUT2D eigenvalue weighted by Gasteiger charge is -2.28. The van der Waals surface area contributed by atoms with Crippen LogP contribution in [0.25, 0.3) is 0 Å². The number of likely N-dealkylation sites (tertiary alicyclic amines) is 1. The van der Waals surface area contributed by atoms with Gasteiger partial charge in [0.05, 0.1) is 25.2 Å². The maximum atomic E-state index is 12.9. The molecule has 3 atom stereocenters. The summed E-state index contributed by atoms with van der Waals surface area (Å²) in [4.78, 5) is 16.3. The molecular formula is C16H24N2O2S. The Kier molecular flexibility index (Phi) is 4.93. The summed E-state index contributed by atoms with van der Waals surface area (Å²) in [5, 5.41) is 5.56. The number of ether oxygens (including phenoxy) is 1. The number of nitrogens with one attached hydrogen (secondary N) is 1. The number of carbonyl (C=O) groups is 1. The van der Waals surface area contributed by atoms with Crippen LogP contribution in [0.3, 0.4) is 0 Å². The molecule has 1 amide bonds. The largest absolute Gasteiger partial charge is 0.379 e. The lowest BCUT2D eigenvalue weighted by Crippen LogP contribution is -2.45. The van der Waals surface area contributed by atoms with Crippen molar-refractivity contribution in [3.05, 3.63) is 22.4 Å². The Hall–Kier alpha value is -0.910. The van der Waals surface area contributed by atoms with Crippen LogP contribution >= 0.6 is 11.3 Å². The Balaban J connectivity index is 1.69. The maximum Gasteiger partial charge on any atom is 0.230 e. The first kappa shape index (κ1) is 15.0. The Morgan fingerprint density at radius 3 is 3.19 bits per heavy atom. The summed E-state index contributed by atoms with van der Waals surface area (Å²) in [6, 6.07) is 4.69. The van der Waals surface area contributed by atoms with Crippen LogP contribution in [0.1, 0.15) is 37.1 Å². The van der Waals surface area contributed by atoms with E-state index in [-0.39, 0.29) is 23.9 Å². The Morgan fingerprint density at radius 2 is 2.43 bits per heavy atom. The van der Waals surface area contributed by atoms with E-state index in [0.29, 0.717) is 13.2 Å². The van der Waals surface area contributed by atoms with Crippen LogP contribution in [0.15, 0.2) is 17.5 Å². The lowest BCUT2D eigenvalue weighted by molar-refractivity contribution is -0.136. The van der Waals surface area contributed by atoms with Crippen molar-refractivity contribution < 1.29 is 9.53 Å².